The number of aryl methyl sites for hydroxylation is 1. The van der Waals surface area contributed by atoms with E-state index in [4.69, 9.17) is 4.74 Å². The Labute approximate surface area is 155 Å². The monoisotopic (exact) mass is 371 g/mol. The van der Waals surface area contributed by atoms with Crippen LogP contribution in [-0.4, -0.2) is 47.4 Å². The summed E-state index contributed by atoms with van der Waals surface area (Å²) in [6.45, 7) is 6.40. The van der Waals surface area contributed by atoms with Crippen LogP contribution in [0.3, 0.4) is 0 Å². The van der Waals surface area contributed by atoms with Crippen LogP contribution >= 0.6 is 11.3 Å². The molecule has 4 rings (SSSR count). The van der Waals surface area contributed by atoms with E-state index in [1.807, 2.05) is 37.1 Å². The zero-order valence-corrected chi connectivity index (χ0v) is 15.9. The molecule has 0 bridgehead atoms. The molecule has 1 aromatic carbocycles. The maximum Gasteiger partial charge on any atom is 0.275 e. The SMILES string of the molecule is CCN1CC(CN(C)c2nn3c(=O)cc(C)nc3s2)Oc2ccccc21. The molecular formula is C18H21N5O2S. The third kappa shape index (κ3) is 3.01. The van der Waals surface area contributed by atoms with Crippen LogP contribution < -0.4 is 20.1 Å². The van der Waals surface area contributed by atoms with Crippen LogP contribution in [0.4, 0.5) is 10.8 Å². The highest BCUT2D eigenvalue weighted by molar-refractivity contribution is 7.20. The number of para-hydroxylation sites is 2. The van der Waals surface area contributed by atoms with E-state index in [1.165, 1.54) is 21.9 Å². The van der Waals surface area contributed by atoms with Crippen LogP contribution in [0.5, 0.6) is 5.75 Å². The number of ether oxygens (including phenoxy) is 1. The molecule has 0 fully saturated rings. The van der Waals surface area contributed by atoms with Crippen LogP contribution in [-0.2, 0) is 0 Å². The second-order valence-corrected chi connectivity index (χ2v) is 7.38. The highest BCUT2D eigenvalue weighted by Crippen LogP contribution is 2.33. The molecule has 0 aliphatic carbocycles. The molecule has 26 heavy (non-hydrogen) atoms. The van der Waals surface area contributed by atoms with E-state index in [0.29, 0.717) is 17.2 Å². The second-order valence-electron chi connectivity index (χ2n) is 6.44. The fourth-order valence-corrected chi connectivity index (χ4v) is 4.14. The Hall–Kier alpha value is -2.61. The number of nitrogens with zero attached hydrogens (tertiary/aromatic N) is 5. The summed E-state index contributed by atoms with van der Waals surface area (Å²) in [6, 6.07) is 9.62. The lowest BCUT2D eigenvalue weighted by Gasteiger charge is -2.37. The lowest BCUT2D eigenvalue weighted by atomic mass is 10.2. The molecule has 0 spiro atoms. The molecule has 136 valence electrons. The quantitative estimate of drug-likeness (QED) is 0.701. The normalized spacial score (nSPS) is 16.4. The highest BCUT2D eigenvalue weighted by Gasteiger charge is 2.26. The molecular weight excluding hydrogens is 350 g/mol. The minimum absolute atomic E-state index is 0.0216. The summed E-state index contributed by atoms with van der Waals surface area (Å²) in [7, 11) is 1.97. The molecule has 0 saturated heterocycles. The number of benzene rings is 1. The summed E-state index contributed by atoms with van der Waals surface area (Å²) >= 11 is 1.41. The number of rotatable bonds is 4. The molecule has 8 heteroatoms. The first kappa shape index (κ1) is 16.8. The minimum Gasteiger partial charge on any atom is -0.485 e. The average Bonchev–Trinajstić information content (AvgIpc) is 3.05. The Bertz CT molecular complexity index is 999. The number of hydrogen-bond acceptors (Lipinski definition) is 7. The van der Waals surface area contributed by atoms with Gasteiger partial charge in [0.2, 0.25) is 10.1 Å². The van der Waals surface area contributed by atoms with E-state index in [0.717, 1.165) is 29.7 Å². The van der Waals surface area contributed by atoms with E-state index in [-0.39, 0.29) is 11.7 Å². The number of aromatic nitrogens is 3. The third-order valence-electron chi connectivity index (χ3n) is 4.47. The van der Waals surface area contributed by atoms with Gasteiger partial charge in [0.25, 0.3) is 5.56 Å². The van der Waals surface area contributed by atoms with Gasteiger partial charge in [0, 0.05) is 25.4 Å². The summed E-state index contributed by atoms with van der Waals surface area (Å²) < 4.78 is 7.54. The minimum atomic E-state index is -0.150. The zero-order chi connectivity index (χ0) is 18.3. The molecule has 0 saturated carbocycles. The molecule has 1 aliphatic heterocycles. The molecule has 1 unspecified atom stereocenters. The molecule has 7 nitrogen and oxygen atoms in total. The standard InChI is InChI=1S/C18H21N5O2S/c1-4-22-11-13(25-15-8-6-5-7-14(15)22)10-21(3)18-20-23-16(24)9-12(2)19-17(23)26-18/h5-9,13H,4,10-11H2,1-3H3. The van der Waals surface area contributed by atoms with Crippen LogP contribution in [0.2, 0.25) is 0 Å². The first-order valence-electron chi connectivity index (χ1n) is 8.64. The average molecular weight is 371 g/mol. The van der Waals surface area contributed by atoms with Crippen molar-refractivity contribution >= 4 is 27.1 Å². The second kappa shape index (κ2) is 6.60. The van der Waals surface area contributed by atoms with Gasteiger partial charge < -0.3 is 14.5 Å². The van der Waals surface area contributed by atoms with Gasteiger partial charge in [-0.25, -0.2) is 4.98 Å². The zero-order valence-electron chi connectivity index (χ0n) is 15.0. The first-order chi connectivity index (χ1) is 12.5. The predicted octanol–water partition coefficient (Wildman–Crippen LogP) is 2.18. The number of hydrogen-bond donors (Lipinski definition) is 0. The fraction of sp³-hybridized carbons (Fsp3) is 0.389. The van der Waals surface area contributed by atoms with Gasteiger partial charge in [-0.2, -0.15) is 4.52 Å². The van der Waals surface area contributed by atoms with E-state index < -0.39 is 0 Å². The number of anilines is 2. The molecule has 1 atom stereocenters. The maximum absolute atomic E-state index is 12.1. The van der Waals surface area contributed by atoms with Crippen molar-refractivity contribution in [2.75, 3.05) is 36.5 Å². The summed E-state index contributed by atoms with van der Waals surface area (Å²) in [5.41, 5.74) is 1.70. The Morgan fingerprint density at radius 1 is 1.38 bits per heavy atom. The summed E-state index contributed by atoms with van der Waals surface area (Å²) in [6.07, 6.45) is 0.0216. The van der Waals surface area contributed by atoms with Crippen molar-refractivity contribution in [3.05, 3.63) is 46.4 Å². The van der Waals surface area contributed by atoms with Crippen molar-refractivity contribution in [2.24, 2.45) is 0 Å². The molecule has 3 heterocycles. The summed E-state index contributed by atoms with van der Waals surface area (Å²) in [5, 5.41) is 5.17. The van der Waals surface area contributed by atoms with E-state index in [1.54, 1.807) is 0 Å². The Morgan fingerprint density at radius 3 is 3.00 bits per heavy atom. The maximum atomic E-state index is 12.1. The van der Waals surface area contributed by atoms with Gasteiger partial charge in [-0.05, 0) is 26.0 Å². The smallest absolute Gasteiger partial charge is 0.275 e. The molecule has 1 aliphatic rings. The fourth-order valence-electron chi connectivity index (χ4n) is 3.22. The lowest BCUT2D eigenvalue weighted by molar-refractivity contribution is 0.200. The van der Waals surface area contributed by atoms with Gasteiger partial charge in [0.05, 0.1) is 18.8 Å². The molecule has 3 aromatic rings. The first-order valence-corrected chi connectivity index (χ1v) is 9.46. The molecule has 2 aromatic heterocycles. The molecule has 0 radical (unpaired) electrons. The van der Waals surface area contributed by atoms with Crippen molar-refractivity contribution < 1.29 is 4.74 Å². The lowest BCUT2D eigenvalue weighted by Crippen LogP contribution is -2.45. The largest absolute Gasteiger partial charge is 0.485 e. The van der Waals surface area contributed by atoms with Crippen LogP contribution in [0.1, 0.15) is 12.6 Å². The van der Waals surface area contributed by atoms with Crippen LogP contribution in [0.25, 0.3) is 4.96 Å². The number of fused-ring (bicyclic) bond motifs is 2. The summed E-state index contributed by atoms with van der Waals surface area (Å²) in [4.78, 5) is 21.4. The topological polar surface area (TPSA) is 63.0 Å². The predicted molar refractivity (Wildman–Crippen MR) is 104 cm³/mol. The van der Waals surface area contributed by atoms with Crippen LogP contribution in [0, 0.1) is 6.92 Å². The van der Waals surface area contributed by atoms with E-state index in [9.17, 15) is 4.79 Å². The van der Waals surface area contributed by atoms with E-state index in [2.05, 4.69) is 28.0 Å². The van der Waals surface area contributed by atoms with Crippen LogP contribution in [0.15, 0.2) is 35.1 Å². The van der Waals surface area contributed by atoms with Gasteiger partial charge >= 0.3 is 0 Å². The van der Waals surface area contributed by atoms with Gasteiger partial charge in [-0.1, -0.05) is 23.5 Å². The van der Waals surface area contributed by atoms with Gasteiger partial charge in [0.1, 0.15) is 11.9 Å². The van der Waals surface area contributed by atoms with Crippen molar-refractivity contribution in [3.63, 3.8) is 0 Å². The Kier molecular flexibility index (Phi) is 4.28. The highest BCUT2D eigenvalue weighted by atomic mass is 32.1. The van der Waals surface area contributed by atoms with Gasteiger partial charge in [-0.15, -0.1) is 5.10 Å². The third-order valence-corrected chi connectivity index (χ3v) is 5.49. The Balaban J connectivity index is 1.56. The summed E-state index contributed by atoms with van der Waals surface area (Å²) in [5.74, 6) is 0.914. The van der Waals surface area contributed by atoms with Gasteiger partial charge in [0.15, 0.2) is 0 Å². The van der Waals surface area contributed by atoms with Gasteiger partial charge in [-0.3, -0.25) is 4.79 Å². The molecule has 0 N–H and O–H groups in total. The van der Waals surface area contributed by atoms with E-state index >= 15 is 0 Å². The van der Waals surface area contributed by atoms with Crippen molar-refractivity contribution in [3.8, 4) is 5.75 Å². The Morgan fingerprint density at radius 2 is 2.19 bits per heavy atom. The van der Waals surface area contributed by atoms with Crippen molar-refractivity contribution in [1.29, 1.82) is 0 Å². The van der Waals surface area contributed by atoms with Crippen molar-refractivity contribution in [1.82, 2.24) is 14.6 Å². The molecule has 0 amide bonds. The van der Waals surface area contributed by atoms with Crippen molar-refractivity contribution in [2.45, 2.75) is 20.0 Å². The number of likely N-dealkylation sites (N-methyl/N-ethyl adjacent to an activating group) is 2.